The highest BCUT2D eigenvalue weighted by Gasteiger charge is 2.25. The lowest BCUT2D eigenvalue weighted by Gasteiger charge is -2.35. The van der Waals surface area contributed by atoms with E-state index in [9.17, 15) is 9.59 Å². The normalized spacial score (nSPS) is 22.4. The lowest BCUT2D eigenvalue weighted by Crippen LogP contribution is -2.51. The Hall–Kier alpha value is -2.08. The Bertz CT molecular complexity index is 668. The smallest absolute Gasteiger partial charge is 0.248 e. The SMILES string of the molecule is COc1ccc(CCC(=O)N2CCN(C(=O)COC3CCCC(C)C3)CC2)cc1. The van der Waals surface area contributed by atoms with Gasteiger partial charge in [-0.3, -0.25) is 9.59 Å². The van der Waals surface area contributed by atoms with E-state index in [-0.39, 0.29) is 24.5 Å². The Kier molecular flexibility index (Phi) is 7.92. The van der Waals surface area contributed by atoms with E-state index in [2.05, 4.69) is 6.92 Å². The molecule has 2 atom stereocenters. The fraction of sp³-hybridized carbons (Fsp3) is 0.652. The van der Waals surface area contributed by atoms with E-state index in [1.54, 1.807) is 7.11 Å². The zero-order valence-electron chi connectivity index (χ0n) is 17.8. The number of carbonyl (C=O) groups excluding carboxylic acids is 2. The molecule has 1 heterocycles. The van der Waals surface area contributed by atoms with E-state index in [0.29, 0.717) is 38.5 Å². The van der Waals surface area contributed by atoms with Crippen LogP contribution in [0.2, 0.25) is 0 Å². The van der Waals surface area contributed by atoms with Gasteiger partial charge in [-0.2, -0.15) is 0 Å². The predicted molar refractivity (Wildman–Crippen MR) is 112 cm³/mol. The van der Waals surface area contributed by atoms with Crippen LogP contribution < -0.4 is 4.74 Å². The third-order valence-corrected chi connectivity index (χ3v) is 6.10. The monoisotopic (exact) mass is 402 g/mol. The van der Waals surface area contributed by atoms with Crippen LogP contribution in [0, 0.1) is 5.92 Å². The second kappa shape index (κ2) is 10.6. The molecule has 0 N–H and O–H groups in total. The number of ether oxygens (including phenoxy) is 2. The van der Waals surface area contributed by atoms with Gasteiger partial charge in [0.15, 0.2) is 0 Å². The molecule has 0 aromatic heterocycles. The highest BCUT2D eigenvalue weighted by atomic mass is 16.5. The molecule has 6 nitrogen and oxygen atoms in total. The van der Waals surface area contributed by atoms with Crippen molar-refractivity contribution in [3.63, 3.8) is 0 Å². The standard InChI is InChI=1S/C23H34N2O4/c1-18-4-3-5-21(16-18)29-17-23(27)25-14-12-24(13-15-25)22(26)11-8-19-6-9-20(28-2)10-7-19/h6-7,9-10,18,21H,3-5,8,11-17H2,1-2H3. The maximum Gasteiger partial charge on any atom is 0.248 e. The van der Waals surface area contributed by atoms with Gasteiger partial charge in [-0.05, 0) is 42.9 Å². The zero-order chi connectivity index (χ0) is 20.6. The van der Waals surface area contributed by atoms with Crippen molar-refractivity contribution in [1.29, 1.82) is 0 Å². The number of nitrogens with zero attached hydrogens (tertiary/aromatic N) is 2. The number of hydrogen-bond acceptors (Lipinski definition) is 4. The molecule has 160 valence electrons. The van der Waals surface area contributed by atoms with E-state index in [1.807, 2.05) is 34.1 Å². The van der Waals surface area contributed by atoms with E-state index in [1.165, 1.54) is 12.8 Å². The van der Waals surface area contributed by atoms with Crippen LogP contribution in [-0.4, -0.2) is 67.6 Å². The lowest BCUT2D eigenvalue weighted by atomic mass is 9.89. The fourth-order valence-corrected chi connectivity index (χ4v) is 4.22. The van der Waals surface area contributed by atoms with E-state index in [0.717, 1.165) is 30.6 Å². The molecule has 0 bridgehead atoms. The second-order valence-electron chi connectivity index (χ2n) is 8.31. The summed E-state index contributed by atoms with van der Waals surface area (Å²) in [4.78, 5) is 28.7. The molecule has 0 spiro atoms. The van der Waals surface area contributed by atoms with Gasteiger partial charge in [0.25, 0.3) is 0 Å². The maximum absolute atomic E-state index is 12.5. The maximum atomic E-state index is 12.5. The summed E-state index contributed by atoms with van der Waals surface area (Å²) < 4.78 is 11.0. The number of carbonyl (C=O) groups is 2. The average Bonchev–Trinajstić information content (AvgIpc) is 2.76. The van der Waals surface area contributed by atoms with E-state index >= 15 is 0 Å². The Labute approximate surface area is 174 Å². The first-order valence-corrected chi connectivity index (χ1v) is 10.8. The van der Waals surface area contributed by atoms with Crippen LogP contribution in [0.5, 0.6) is 5.75 Å². The van der Waals surface area contributed by atoms with Gasteiger partial charge in [-0.25, -0.2) is 0 Å². The summed E-state index contributed by atoms with van der Waals surface area (Å²) in [6.07, 6.45) is 6.01. The minimum absolute atomic E-state index is 0.0496. The van der Waals surface area contributed by atoms with Gasteiger partial charge in [0, 0.05) is 32.6 Å². The lowest BCUT2D eigenvalue weighted by molar-refractivity contribution is -0.144. The van der Waals surface area contributed by atoms with Crippen LogP contribution >= 0.6 is 0 Å². The molecule has 6 heteroatoms. The highest BCUT2D eigenvalue weighted by molar-refractivity contribution is 5.79. The largest absolute Gasteiger partial charge is 0.497 e. The first kappa shape index (κ1) is 21.6. The van der Waals surface area contributed by atoms with Gasteiger partial charge in [0.1, 0.15) is 12.4 Å². The highest BCUT2D eigenvalue weighted by Crippen LogP contribution is 2.25. The molecule has 1 aliphatic heterocycles. The summed E-state index contributed by atoms with van der Waals surface area (Å²) in [7, 11) is 1.64. The number of rotatable bonds is 7. The minimum Gasteiger partial charge on any atom is -0.497 e. The Balaban J connectivity index is 1.35. The van der Waals surface area contributed by atoms with Crippen molar-refractivity contribution in [1.82, 2.24) is 9.80 Å². The molecule has 2 fully saturated rings. The van der Waals surface area contributed by atoms with Crippen molar-refractivity contribution < 1.29 is 19.1 Å². The summed E-state index contributed by atoms with van der Waals surface area (Å²) in [6.45, 7) is 4.82. The van der Waals surface area contributed by atoms with E-state index in [4.69, 9.17) is 9.47 Å². The average molecular weight is 403 g/mol. The van der Waals surface area contributed by atoms with Gasteiger partial charge < -0.3 is 19.3 Å². The molecule has 3 rings (SSSR count). The van der Waals surface area contributed by atoms with Crippen molar-refractivity contribution in [3.05, 3.63) is 29.8 Å². The molecular formula is C23H34N2O4. The first-order valence-electron chi connectivity index (χ1n) is 10.8. The zero-order valence-corrected chi connectivity index (χ0v) is 17.8. The molecule has 1 aliphatic carbocycles. The van der Waals surface area contributed by atoms with Gasteiger partial charge in [0.2, 0.25) is 11.8 Å². The van der Waals surface area contributed by atoms with Crippen LogP contribution in [0.4, 0.5) is 0 Å². The van der Waals surface area contributed by atoms with Crippen LogP contribution in [0.25, 0.3) is 0 Å². The van der Waals surface area contributed by atoms with Crippen molar-refractivity contribution in [2.75, 3.05) is 39.9 Å². The van der Waals surface area contributed by atoms with Crippen molar-refractivity contribution >= 4 is 11.8 Å². The molecule has 1 aromatic rings. The Morgan fingerprint density at radius 2 is 1.66 bits per heavy atom. The summed E-state index contributed by atoms with van der Waals surface area (Å²) >= 11 is 0. The van der Waals surface area contributed by atoms with Crippen LogP contribution in [0.15, 0.2) is 24.3 Å². The summed E-state index contributed by atoms with van der Waals surface area (Å²) in [5.41, 5.74) is 1.13. The van der Waals surface area contributed by atoms with Gasteiger partial charge >= 0.3 is 0 Å². The molecular weight excluding hydrogens is 368 g/mol. The van der Waals surface area contributed by atoms with Crippen molar-refractivity contribution in [2.24, 2.45) is 5.92 Å². The van der Waals surface area contributed by atoms with Crippen LogP contribution in [0.3, 0.4) is 0 Å². The van der Waals surface area contributed by atoms with E-state index < -0.39 is 0 Å². The number of amides is 2. The number of piperazine rings is 1. The van der Waals surface area contributed by atoms with Gasteiger partial charge in [-0.1, -0.05) is 31.9 Å². The number of benzene rings is 1. The van der Waals surface area contributed by atoms with Crippen LogP contribution in [0.1, 0.15) is 44.6 Å². The minimum atomic E-state index is 0.0496. The first-order chi connectivity index (χ1) is 14.0. The molecule has 2 aliphatic rings. The number of methoxy groups -OCH3 is 1. The molecule has 2 amide bonds. The van der Waals surface area contributed by atoms with Crippen LogP contribution in [-0.2, 0) is 20.7 Å². The Morgan fingerprint density at radius 3 is 2.28 bits per heavy atom. The fourth-order valence-electron chi connectivity index (χ4n) is 4.22. The quantitative estimate of drug-likeness (QED) is 0.704. The molecule has 2 unspecified atom stereocenters. The molecule has 1 aromatic carbocycles. The molecule has 1 saturated carbocycles. The van der Waals surface area contributed by atoms with Crippen molar-refractivity contribution in [2.45, 2.75) is 51.6 Å². The summed E-state index contributed by atoms with van der Waals surface area (Å²) in [5, 5.41) is 0. The number of aryl methyl sites for hydroxylation is 1. The van der Waals surface area contributed by atoms with Gasteiger partial charge in [0.05, 0.1) is 13.2 Å². The number of hydrogen-bond donors (Lipinski definition) is 0. The summed E-state index contributed by atoms with van der Waals surface area (Å²) in [5.74, 6) is 1.72. The second-order valence-corrected chi connectivity index (χ2v) is 8.31. The van der Waals surface area contributed by atoms with Crippen molar-refractivity contribution in [3.8, 4) is 5.75 Å². The third kappa shape index (κ3) is 6.46. The molecule has 1 saturated heterocycles. The Morgan fingerprint density at radius 1 is 1.00 bits per heavy atom. The molecule has 0 radical (unpaired) electrons. The third-order valence-electron chi connectivity index (χ3n) is 6.10. The van der Waals surface area contributed by atoms with Gasteiger partial charge in [-0.15, -0.1) is 0 Å². The molecule has 29 heavy (non-hydrogen) atoms. The predicted octanol–water partition coefficient (Wildman–Crippen LogP) is 2.89. The summed E-state index contributed by atoms with van der Waals surface area (Å²) in [6, 6.07) is 7.83. The topological polar surface area (TPSA) is 59.1 Å².